The lowest BCUT2D eigenvalue weighted by Crippen LogP contribution is -2.33. The van der Waals surface area contributed by atoms with E-state index in [0.717, 1.165) is 16.7 Å². The first-order chi connectivity index (χ1) is 13.8. The number of amides is 1. The van der Waals surface area contributed by atoms with Gasteiger partial charge in [-0.3, -0.25) is 19.0 Å². The molecule has 0 bridgehead atoms. The van der Waals surface area contributed by atoms with Gasteiger partial charge in [0, 0.05) is 5.69 Å². The van der Waals surface area contributed by atoms with Crippen molar-refractivity contribution in [2.45, 2.75) is 40.3 Å². The van der Waals surface area contributed by atoms with Crippen LogP contribution in [-0.4, -0.2) is 27.5 Å². The van der Waals surface area contributed by atoms with Gasteiger partial charge in [-0.05, 0) is 51.0 Å². The molecule has 3 rings (SSSR count). The van der Waals surface area contributed by atoms with Crippen molar-refractivity contribution in [1.82, 2.24) is 9.55 Å². The molecule has 0 saturated heterocycles. The Morgan fingerprint density at radius 2 is 1.79 bits per heavy atom. The molecule has 0 fully saturated rings. The van der Waals surface area contributed by atoms with Gasteiger partial charge in [-0.15, -0.1) is 0 Å². The number of rotatable bonds is 5. The van der Waals surface area contributed by atoms with Crippen molar-refractivity contribution < 1.29 is 14.3 Å². The van der Waals surface area contributed by atoms with E-state index in [1.165, 1.54) is 17.8 Å². The van der Waals surface area contributed by atoms with Crippen LogP contribution in [0.2, 0.25) is 0 Å². The van der Waals surface area contributed by atoms with Crippen LogP contribution in [0.25, 0.3) is 10.9 Å². The third kappa shape index (κ3) is 4.51. The average molecular weight is 393 g/mol. The molecular formula is C22H23N3O4. The Balaban J connectivity index is 1.67. The van der Waals surface area contributed by atoms with E-state index in [0.29, 0.717) is 16.6 Å². The fourth-order valence-corrected chi connectivity index (χ4v) is 3.25. The zero-order chi connectivity index (χ0) is 21.1. The molecule has 150 valence electrons. The van der Waals surface area contributed by atoms with Gasteiger partial charge in [0.2, 0.25) is 0 Å². The van der Waals surface area contributed by atoms with E-state index in [-0.39, 0.29) is 12.1 Å². The molecule has 7 heteroatoms. The van der Waals surface area contributed by atoms with Crippen molar-refractivity contribution >= 4 is 28.5 Å². The first-order valence-corrected chi connectivity index (χ1v) is 9.28. The molecule has 29 heavy (non-hydrogen) atoms. The zero-order valence-electron chi connectivity index (χ0n) is 16.9. The van der Waals surface area contributed by atoms with E-state index in [9.17, 15) is 14.4 Å². The van der Waals surface area contributed by atoms with Crippen molar-refractivity contribution in [2.75, 3.05) is 5.32 Å². The predicted molar refractivity (Wildman–Crippen MR) is 111 cm³/mol. The van der Waals surface area contributed by atoms with E-state index >= 15 is 0 Å². The molecule has 0 saturated carbocycles. The van der Waals surface area contributed by atoms with E-state index in [2.05, 4.69) is 10.3 Å². The van der Waals surface area contributed by atoms with Crippen molar-refractivity contribution in [1.29, 1.82) is 0 Å². The summed E-state index contributed by atoms with van der Waals surface area (Å²) >= 11 is 0. The number of fused-ring (bicyclic) bond motifs is 1. The fraction of sp³-hybridized carbons (Fsp3) is 0.273. The number of para-hydroxylation sites is 1. The highest BCUT2D eigenvalue weighted by molar-refractivity contribution is 5.96. The first kappa shape index (κ1) is 20.3. The van der Waals surface area contributed by atoms with Crippen LogP contribution >= 0.6 is 0 Å². The molecule has 1 amide bonds. The molecular weight excluding hydrogens is 370 g/mol. The molecule has 7 nitrogen and oxygen atoms in total. The quantitative estimate of drug-likeness (QED) is 0.673. The molecule has 0 aliphatic carbocycles. The second-order valence-electron chi connectivity index (χ2n) is 7.09. The van der Waals surface area contributed by atoms with Crippen LogP contribution in [0.1, 0.15) is 23.6 Å². The van der Waals surface area contributed by atoms with Crippen LogP contribution in [0.4, 0.5) is 5.69 Å². The van der Waals surface area contributed by atoms with Crippen LogP contribution in [0.5, 0.6) is 0 Å². The summed E-state index contributed by atoms with van der Waals surface area (Å²) in [6.45, 7) is 6.97. The number of nitrogens with zero attached hydrogens (tertiary/aromatic N) is 2. The molecule has 1 heterocycles. The molecule has 3 aromatic rings. The molecule has 0 unspecified atom stereocenters. The maximum absolute atomic E-state index is 12.5. The molecule has 0 aliphatic rings. The van der Waals surface area contributed by atoms with Gasteiger partial charge in [-0.1, -0.05) is 29.8 Å². The van der Waals surface area contributed by atoms with Crippen LogP contribution in [0.3, 0.4) is 0 Å². The van der Waals surface area contributed by atoms with Gasteiger partial charge in [0.1, 0.15) is 6.54 Å². The number of nitrogens with one attached hydrogen (secondary N) is 1. The number of carbonyl (C=O) groups is 2. The topological polar surface area (TPSA) is 90.3 Å². The Labute approximate surface area is 168 Å². The first-order valence-electron chi connectivity index (χ1n) is 9.28. The minimum Gasteiger partial charge on any atom is -0.451 e. The summed E-state index contributed by atoms with van der Waals surface area (Å²) in [6, 6.07) is 10.8. The number of hydrogen-bond donors (Lipinski definition) is 1. The number of ether oxygens (including phenoxy) is 1. The molecule has 1 atom stereocenters. The minimum absolute atomic E-state index is 0.323. The molecule has 1 aromatic heterocycles. The van der Waals surface area contributed by atoms with Crippen LogP contribution in [0.15, 0.2) is 47.5 Å². The fourth-order valence-electron chi connectivity index (χ4n) is 3.25. The van der Waals surface area contributed by atoms with Gasteiger partial charge in [0.25, 0.3) is 11.5 Å². The second-order valence-corrected chi connectivity index (χ2v) is 7.09. The van der Waals surface area contributed by atoms with Gasteiger partial charge < -0.3 is 10.1 Å². The number of esters is 1. The van der Waals surface area contributed by atoms with Gasteiger partial charge in [0.15, 0.2) is 6.10 Å². The van der Waals surface area contributed by atoms with Crippen LogP contribution < -0.4 is 10.9 Å². The predicted octanol–water partition coefficient (Wildman–Crippen LogP) is 2.89. The number of benzene rings is 2. The highest BCUT2D eigenvalue weighted by Gasteiger charge is 2.20. The third-order valence-corrected chi connectivity index (χ3v) is 4.63. The largest absolute Gasteiger partial charge is 0.451 e. The van der Waals surface area contributed by atoms with E-state index in [1.807, 2.05) is 32.9 Å². The second kappa shape index (κ2) is 8.26. The van der Waals surface area contributed by atoms with Gasteiger partial charge >= 0.3 is 5.97 Å². The van der Waals surface area contributed by atoms with E-state index in [4.69, 9.17) is 4.74 Å². The summed E-state index contributed by atoms with van der Waals surface area (Å²) in [5.74, 6) is -1.12. The highest BCUT2D eigenvalue weighted by Crippen LogP contribution is 2.22. The summed E-state index contributed by atoms with van der Waals surface area (Å²) < 4.78 is 6.39. The Morgan fingerprint density at radius 1 is 1.14 bits per heavy atom. The lowest BCUT2D eigenvalue weighted by Gasteiger charge is -2.17. The normalized spacial score (nSPS) is 11.9. The number of hydrogen-bond acceptors (Lipinski definition) is 5. The lowest BCUT2D eigenvalue weighted by molar-refractivity contribution is -0.153. The smallest absolute Gasteiger partial charge is 0.326 e. The van der Waals surface area contributed by atoms with E-state index < -0.39 is 18.0 Å². The van der Waals surface area contributed by atoms with Crippen LogP contribution in [0, 0.1) is 20.8 Å². The van der Waals surface area contributed by atoms with Crippen LogP contribution in [-0.2, 0) is 20.9 Å². The lowest BCUT2D eigenvalue weighted by atomic mass is 10.0. The number of aryl methyl sites for hydroxylation is 3. The Bertz CT molecular complexity index is 1130. The van der Waals surface area contributed by atoms with Crippen molar-refractivity contribution in [3.8, 4) is 0 Å². The van der Waals surface area contributed by atoms with Crippen molar-refractivity contribution in [2.24, 2.45) is 0 Å². The maximum atomic E-state index is 12.5. The third-order valence-electron chi connectivity index (χ3n) is 4.63. The Morgan fingerprint density at radius 3 is 2.48 bits per heavy atom. The molecule has 0 spiro atoms. The average Bonchev–Trinajstić information content (AvgIpc) is 2.66. The SMILES string of the molecule is Cc1cc(C)c(NC(=O)[C@H](C)OC(=O)Cn2cnc3ccccc3c2=O)c(C)c1. The molecule has 0 radical (unpaired) electrons. The minimum atomic E-state index is -1.01. The molecule has 2 aromatic carbocycles. The maximum Gasteiger partial charge on any atom is 0.326 e. The molecule has 1 N–H and O–H groups in total. The summed E-state index contributed by atoms with van der Waals surface area (Å²) in [5, 5.41) is 3.23. The highest BCUT2D eigenvalue weighted by atomic mass is 16.5. The van der Waals surface area contributed by atoms with Gasteiger partial charge in [-0.2, -0.15) is 0 Å². The summed E-state index contributed by atoms with van der Waals surface area (Å²) in [4.78, 5) is 41.3. The van der Waals surface area contributed by atoms with Gasteiger partial charge in [-0.25, -0.2) is 4.98 Å². The summed E-state index contributed by atoms with van der Waals surface area (Å²) in [5.41, 5.74) is 3.89. The van der Waals surface area contributed by atoms with Crippen molar-refractivity contribution in [3.05, 3.63) is 69.8 Å². The Hall–Kier alpha value is -3.48. The summed E-state index contributed by atoms with van der Waals surface area (Å²) in [6.07, 6.45) is 0.294. The van der Waals surface area contributed by atoms with E-state index in [1.54, 1.807) is 24.3 Å². The Kier molecular flexibility index (Phi) is 5.77. The number of carbonyl (C=O) groups excluding carboxylic acids is 2. The molecule has 0 aliphatic heterocycles. The summed E-state index contributed by atoms with van der Waals surface area (Å²) in [7, 11) is 0. The zero-order valence-corrected chi connectivity index (χ0v) is 16.9. The van der Waals surface area contributed by atoms with Gasteiger partial charge in [0.05, 0.1) is 17.2 Å². The van der Waals surface area contributed by atoms with Crippen molar-refractivity contribution in [3.63, 3.8) is 0 Å². The number of aromatic nitrogens is 2. The number of anilines is 1. The monoisotopic (exact) mass is 393 g/mol. The standard InChI is InChI=1S/C22H23N3O4/c1-13-9-14(2)20(15(3)10-13)24-21(27)16(4)29-19(26)11-25-12-23-18-8-6-5-7-17(18)22(25)28/h5-10,12,16H,11H2,1-4H3,(H,24,27)/t16-/m0/s1.